The van der Waals surface area contributed by atoms with Crippen molar-refractivity contribution in [3.05, 3.63) is 16.7 Å². The molecule has 2 rings (SSSR count). The number of hydrogen-bond donors (Lipinski definition) is 2. The summed E-state index contributed by atoms with van der Waals surface area (Å²) in [7, 11) is 0. The predicted molar refractivity (Wildman–Crippen MR) is 48.2 cm³/mol. The van der Waals surface area contributed by atoms with Gasteiger partial charge in [-0.1, -0.05) is 0 Å². The molecule has 0 saturated carbocycles. The SMILES string of the molecule is N#CCn1cnc2c(=O)[nH]c(N)nc21. The van der Waals surface area contributed by atoms with Crippen LogP contribution in [0.3, 0.4) is 0 Å². The summed E-state index contributed by atoms with van der Waals surface area (Å²) < 4.78 is 1.46. The minimum Gasteiger partial charge on any atom is -0.369 e. The van der Waals surface area contributed by atoms with Gasteiger partial charge in [0.1, 0.15) is 6.54 Å². The van der Waals surface area contributed by atoms with Gasteiger partial charge in [0, 0.05) is 0 Å². The quantitative estimate of drug-likeness (QED) is 0.612. The molecule has 2 aromatic rings. The van der Waals surface area contributed by atoms with Crippen molar-refractivity contribution in [1.82, 2.24) is 19.5 Å². The van der Waals surface area contributed by atoms with Crippen molar-refractivity contribution in [3.63, 3.8) is 0 Å². The van der Waals surface area contributed by atoms with Crippen molar-refractivity contribution < 1.29 is 0 Å². The highest BCUT2D eigenvalue weighted by atomic mass is 16.1. The summed E-state index contributed by atoms with van der Waals surface area (Å²) in [4.78, 5) is 21.3. The van der Waals surface area contributed by atoms with Gasteiger partial charge in [-0.15, -0.1) is 0 Å². The third-order valence-electron chi connectivity index (χ3n) is 1.73. The molecular formula is C7H6N6O. The largest absolute Gasteiger partial charge is 0.369 e. The first-order valence-corrected chi connectivity index (χ1v) is 3.80. The number of rotatable bonds is 1. The maximum absolute atomic E-state index is 11.3. The number of nitrogen functional groups attached to an aromatic ring is 1. The monoisotopic (exact) mass is 190 g/mol. The van der Waals surface area contributed by atoms with Crippen LogP contribution in [0.25, 0.3) is 11.2 Å². The van der Waals surface area contributed by atoms with E-state index in [1.165, 1.54) is 10.9 Å². The molecule has 14 heavy (non-hydrogen) atoms. The van der Waals surface area contributed by atoms with Crippen molar-refractivity contribution in [2.24, 2.45) is 0 Å². The number of nitrogens with one attached hydrogen (secondary N) is 1. The number of H-pyrrole nitrogens is 1. The highest BCUT2D eigenvalue weighted by molar-refractivity contribution is 5.70. The molecule has 0 aromatic carbocycles. The van der Waals surface area contributed by atoms with E-state index in [1.807, 2.05) is 6.07 Å². The molecule has 0 aliphatic rings. The standard InChI is InChI=1S/C7H6N6O/c8-1-2-13-3-10-4-5(13)11-7(9)12-6(4)14/h3H,2H2,(H3,9,11,12,14). The lowest BCUT2D eigenvalue weighted by molar-refractivity contribution is 0.847. The van der Waals surface area contributed by atoms with Crippen LogP contribution in [0.4, 0.5) is 5.95 Å². The van der Waals surface area contributed by atoms with Crippen LogP contribution in [0, 0.1) is 11.3 Å². The van der Waals surface area contributed by atoms with Crippen LogP contribution in [0.2, 0.25) is 0 Å². The van der Waals surface area contributed by atoms with E-state index >= 15 is 0 Å². The van der Waals surface area contributed by atoms with E-state index in [2.05, 4.69) is 15.0 Å². The number of aromatic nitrogens is 4. The lowest BCUT2D eigenvalue weighted by Gasteiger charge is -1.96. The molecule has 0 spiro atoms. The molecular weight excluding hydrogens is 184 g/mol. The maximum Gasteiger partial charge on any atom is 0.280 e. The Balaban J connectivity index is 2.80. The Labute approximate surface area is 77.8 Å². The topological polar surface area (TPSA) is 113 Å². The molecule has 3 N–H and O–H groups in total. The smallest absolute Gasteiger partial charge is 0.280 e. The Hall–Kier alpha value is -2.36. The number of nitriles is 1. The number of anilines is 1. The van der Waals surface area contributed by atoms with E-state index in [0.717, 1.165) is 0 Å². The van der Waals surface area contributed by atoms with Gasteiger partial charge in [0.2, 0.25) is 5.95 Å². The van der Waals surface area contributed by atoms with Gasteiger partial charge in [-0.05, 0) is 0 Å². The minimum atomic E-state index is -0.399. The fourth-order valence-corrected chi connectivity index (χ4v) is 1.16. The van der Waals surface area contributed by atoms with Gasteiger partial charge in [0.15, 0.2) is 11.2 Å². The van der Waals surface area contributed by atoms with E-state index in [4.69, 9.17) is 11.0 Å². The first-order valence-electron chi connectivity index (χ1n) is 3.80. The molecule has 7 heteroatoms. The van der Waals surface area contributed by atoms with Gasteiger partial charge in [-0.25, -0.2) is 4.98 Å². The summed E-state index contributed by atoms with van der Waals surface area (Å²) in [5.41, 5.74) is 5.48. The molecule has 0 radical (unpaired) electrons. The van der Waals surface area contributed by atoms with E-state index < -0.39 is 5.56 Å². The molecule has 7 nitrogen and oxygen atoms in total. The van der Waals surface area contributed by atoms with Crippen LogP contribution in [-0.2, 0) is 6.54 Å². The van der Waals surface area contributed by atoms with Gasteiger partial charge in [0.25, 0.3) is 5.56 Å². The number of aromatic amines is 1. The minimum absolute atomic E-state index is 0.0159. The second-order valence-electron chi connectivity index (χ2n) is 2.65. The lowest BCUT2D eigenvalue weighted by Crippen LogP contribution is -2.12. The van der Waals surface area contributed by atoms with Crippen LogP contribution < -0.4 is 11.3 Å². The molecule has 0 unspecified atom stereocenters. The summed E-state index contributed by atoms with van der Waals surface area (Å²) in [6.07, 6.45) is 1.38. The van der Waals surface area contributed by atoms with Crippen LogP contribution >= 0.6 is 0 Å². The number of nitrogens with zero attached hydrogens (tertiary/aromatic N) is 4. The zero-order valence-corrected chi connectivity index (χ0v) is 7.06. The molecule has 2 heterocycles. The van der Waals surface area contributed by atoms with Crippen LogP contribution in [0.5, 0.6) is 0 Å². The number of nitrogens with two attached hydrogens (primary N) is 1. The van der Waals surface area contributed by atoms with Crippen molar-refractivity contribution in [1.29, 1.82) is 5.26 Å². The maximum atomic E-state index is 11.3. The van der Waals surface area contributed by atoms with E-state index in [1.54, 1.807) is 0 Å². The second-order valence-corrected chi connectivity index (χ2v) is 2.65. The van der Waals surface area contributed by atoms with E-state index in [0.29, 0.717) is 5.65 Å². The summed E-state index contributed by atoms with van der Waals surface area (Å²) in [5.74, 6) is 0.0159. The van der Waals surface area contributed by atoms with Gasteiger partial charge in [-0.2, -0.15) is 10.2 Å². The van der Waals surface area contributed by atoms with Gasteiger partial charge in [0.05, 0.1) is 12.4 Å². The zero-order valence-electron chi connectivity index (χ0n) is 7.06. The van der Waals surface area contributed by atoms with Crippen LogP contribution in [0.1, 0.15) is 0 Å². The molecule has 2 aromatic heterocycles. The Kier molecular flexibility index (Phi) is 1.68. The van der Waals surface area contributed by atoms with Crippen LogP contribution in [0.15, 0.2) is 11.1 Å². The van der Waals surface area contributed by atoms with Crippen molar-refractivity contribution in [3.8, 4) is 6.07 Å². The van der Waals surface area contributed by atoms with Gasteiger partial charge in [-0.3, -0.25) is 9.78 Å². The predicted octanol–water partition coefficient (Wildman–Crippen LogP) is -0.775. The Morgan fingerprint density at radius 3 is 3.21 bits per heavy atom. The highest BCUT2D eigenvalue weighted by Gasteiger charge is 2.07. The lowest BCUT2D eigenvalue weighted by atomic mass is 10.5. The van der Waals surface area contributed by atoms with E-state index in [9.17, 15) is 4.79 Å². The third kappa shape index (κ3) is 1.09. The molecule has 0 atom stereocenters. The van der Waals surface area contributed by atoms with E-state index in [-0.39, 0.29) is 18.0 Å². The molecule has 0 fully saturated rings. The number of fused-ring (bicyclic) bond motifs is 1. The zero-order chi connectivity index (χ0) is 10.1. The third-order valence-corrected chi connectivity index (χ3v) is 1.73. The molecule has 0 saturated heterocycles. The Morgan fingerprint density at radius 2 is 2.50 bits per heavy atom. The summed E-state index contributed by atoms with van der Waals surface area (Å²) in [6, 6.07) is 1.93. The number of hydrogen-bond acceptors (Lipinski definition) is 5. The van der Waals surface area contributed by atoms with Crippen molar-refractivity contribution >= 4 is 17.1 Å². The number of imidazole rings is 1. The Bertz CT molecular complexity index is 574. The fraction of sp³-hybridized carbons (Fsp3) is 0.143. The molecule has 0 amide bonds. The van der Waals surface area contributed by atoms with Gasteiger partial charge >= 0.3 is 0 Å². The summed E-state index contributed by atoms with van der Waals surface area (Å²) >= 11 is 0. The summed E-state index contributed by atoms with van der Waals surface area (Å²) in [5, 5.41) is 8.49. The van der Waals surface area contributed by atoms with Crippen molar-refractivity contribution in [2.45, 2.75) is 6.54 Å². The molecule has 0 bridgehead atoms. The summed E-state index contributed by atoms with van der Waals surface area (Å²) in [6.45, 7) is 0.0897. The highest BCUT2D eigenvalue weighted by Crippen LogP contribution is 2.05. The fourth-order valence-electron chi connectivity index (χ4n) is 1.16. The normalized spacial score (nSPS) is 10.2. The van der Waals surface area contributed by atoms with Crippen molar-refractivity contribution in [2.75, 3.05) is 5.73 Å². The Morgan fingerprint density at radius 1 is 1.71 bits per heavy atom. The molecule has 70 valence electrons. The average Bonchev–Trinajstić information content (AvgIpc) is 2.49. The van der Waals surface area contributed by atoms with Crippen LogP contribution in [-0.4, -0.2) is 19.5 Å². The van der Waals surface area contributed by atoms with Gasteiger partial charge < -0.3 is 10.3 Å². The molecule has 0 aliphatic carbocycles. The first kappa shape index (κ1) is 8.25. The second kappa shape index (κ2) is 2.85. The molecule has 0 aliphatic heterocycles. The average molecular weight is 190 g/mol. The first-order chi connectivity index (χ1) is 6.72.